The smallest absolute Gasteiger partial charge is 0.334 e. The molecule has 4 unspecified atom stereocenters. The van der Waals surface area contributed by atoms with Crippen LogP contribution in [0.25, 0.3) is 0 Å². The van der Waals surface area contributed by atoms with Gasteiger partial charge in [0.2, 0.25) is 5.91 Å². The first kappa shape index (κ1) is 13.9. The third kappa shape index (κ3) is 2.68. The SMILES string of the molecule is C[C@@H]1CN(C(=O)CC2CC3CCC2C3)CC(C(=O)O)O1. The van der Waals surface area contributed by atoms with Crippen LogP contribution in [0.1, 0.15) is 39.0 Å². The minimum Gasteiger partial charge on any atom is -0.479 e. The van der Waals surface area contributed by atoms with Gasteiger partial charge in [0.05, 0.1) is 12.6 Å². The fourth-order valence-electron chi connectivity index (χ4n) is 4.27. The van der Waals surface area contributed by atoms with Crippen molar-refractivity contribution in [3.63, 3.8) is 0 Å². The Bertz CT molecular complexity index is 411. The molecule has 3 aliphatic rings. The summed E-state index contributed by atoms with van der Waals surface area (Å²) in [6, 6.07) is 0. The highest BCUT2D eigenvalue weighted by atomic mass is 16.5. The number of nitrogens with zero attached hydrogens (tertiary/aromatic N) is 1. The fraction of sp³-hybridized carbons (Fsp3) is 0.867. The first-order chi connectivity index (χ1) is 9.52. The summed E-state index contributed by atoms with van der Waals surface area (Å²) < 4.78 is 5.35. The van der Waals surface area contributed by atoms with E-state index in [1.165, 1.54) is 25.7 Å². The molecule has 5 atom stereocenters. The summed E-state index contributed by atoms with van der Waals surface area (Å²) in [6.07, 6.45) is 4.63. The van der Waals surface area contributed by atoms with E-state index in [4.69, 9.17) is 9.84 Å². The zero-order chi connectivity index (χ0) is 14.3. The van der Waals surface area contributed by atoms with Gasteiger partial charge in [-0.05, 0) is 43.9 Å². The maximum Gasteiger partial charge on any atom is 0.334 e. The summed E-state index contributed by atoms with van der Waals surface area (Å²) in [5.41, 5.74) is 0. The van der Waals surface area contributed by atoms with Gasteiger partial charge in [0.25, 0.3) is 0 Å². The number of carbonyl (C=O) groups excluding carboxylic acids is 1. The molecule has 2 bridgehead atoms. The number of hydrogen-bond donors (Lipinski definition) is 1. The van der Waals surface area contributed by atoms with Gasteiger partial charge in [0.1, 0.15) is 0 Å². The average molecular weight is 281 g/mol. The van der Waals surface area contributed by atoms with Crippen LogP contribution in [0.4, 0.5) is 0 Å². The van der Waals surface area contributed by atoms with Gasteiger partial charge in [-0.15, -0.1) is 0 Å². The second kappa shape index (κ2) is 5.35. The summed E-state index contributed by atoms with van der Waals surface area (Å²) >= 11 is 0. The van der Waals surface area contributed by atoms with Crippen LogP contribution >= 0.6 is 0 Å². The molecule has 1 heterocycles. The molecule has 1 saturated heterocycles. The number of hydrogen-bond acceptors (Lipinski definition) is 3. The Morgan fingerprint density at radius 1 is 1.25 bits per heavy atom. The highest BCUT2D eigenvalue weighted by Crippen LogP contribution is 2.49. The topological polar surface area (TPSA) is 66.8 Å². The summed E-state index contributed by atoms with van der Waals surface area (Å²) in [7, 11) is 0. The van der Waals surface area contributed by atoms with Crippen LogP contribution in [-0.4, -0.2) is 47.2 Å². The molecule has 5 nitrogen and oxygen atoms in total. The lowest BCUT2D eigenvalue weighted by molar-refractivity contribution is -0.166. The lowest BCUT2D eigenvalue weighted by Gasteiger charge is -2.36. The largest absolute Gasteiger partial charge is 0.479 e. The van der Waals surface area contributed by atoms with E-state index in [1.807, 2.05) is 6.92 Å². The molecular weight excluding hydrogens is 258 g/mol. The van der Waals surface area contributed by atoms with Crippen LogP contribution in [-0.2, 0) is 14.3 Å². The Balaban J connectivity index is 1.57. The average Bonchev–Trinajstić information content (AvgIpc) is 3.00. The van der Waals surface area contributed by atoms with Crippen molar-refractivity contribution in [1.29, 1.82) is 0 Å². The van der Waals surface area contributed by atoms with Crippen LogP contribution in [0.2, 0.25) is 0 Å². The molecule has 1 amide bonds. The zero-order valence-corrected chi connectivity index (χ0v) is 12.0. The van der Waals surface area contributed by atoms with E-state index in [0.717, 1.165) is 11.8 Å². The Morgan fingerprint density at radius 2 is 2.05 bits per heavy atom. The summed E-state index contributed by atoms with van der Waals surface area (Å²) in [4.78, 5) is 25.2. The van der Waals surface area contributed by atoms with Crippen LogP contribution in [0.5, 0.6) is 0 Å². The van der Waals surface area contributed by atoms with E-state index in [0.29, 0.717) is 18.9 Å². The van der Waals surface area contributed by atoms with Gasteiger partial charge in [0.15, 0.2) is 6.10 Å². The quantitative estimate of drug-likeness (QED) is 0.851. The molecular formula is C15H23NO4. The molecule has 1 N–H and O–H groups in total. The van der Waals surface area contributed by atoms with Gasteiger partial charge in [-0.3, -0.25) is 4.79 Å². The number of amides is 1. The second-order valence-electron chi connectivity index (χ2n) is 6.71. The Kier molecular flexibility index (Phi) is 3.71. The van der Waals surface area contributed by atoms with Crippen molar-refractivity contribution < 1.29 is 19.4 Å². The minimum atomic E-state index is -0.978. The molecule has 3 fully saturated rings. The molecule has 0 radical (unpaired) electrons. The zero-order valence-electron chi connectivity index (χ0n) is 12.0. The summed E-state index contributed by atoms with van der Waals surface area (Å²) in [6.45, 7) is 2.54. The number of carbonyl (C=O) groups is 2. The lowest BCUT2D eigenvalue weighted by Crippen LogP contribution is -2.52. The molecule has 2 saturated carbocycles. The minimum absolute atomic E-state index is 0.115. The Labute approximate surface area is 119 Å². The number of ether oxygens (including phenoxy) is 1. The van der Waals surface area contributed by atoms with Gasteiger partial charge < -0.3 is 14.7 Å². The van der Waals surface area contributed by atoms with Gasteiger partial charge >= 0.3 is 5.97 Å². The third-order valence-electron chi connectivity index (χ3n) is 5.21. The van der Waals surface area contributed by atoms with E-state index in [-0.39, 0.29) is 18.6 Å². The number of rotatable bonds is 3. The highest BCUT2D eigenvalue weighted by Gasteiger charge is 2.41. The molecule has 0 aromatic heterocycles. The highest BCUT2D eigenvalue weighted by molar-refractivity contribution is 5.79. The molecule has 2 aliphatic carbocycles. The van der Waals surface area contributed by atoms with Gasteiger partial charge in [-0.1, -0.05) is 6.42 Å². The predicted molar refractivity (Wildman–Crippen MR) is 72.1 cm³/mol. The summed E-state index contributed by atoms with van der Waals surface area (Å²) in [5, 5.41) is 9.06. The Morgan fingerprint density at radius 3 is 2.65 bits per heavy atom. The van der Waals surface area contributed by atoms with E-state index in [2.05, 4.69) is 0 Å². The van der Waals surface area contributed by atoms with Crippen LogP contribution in [0.3, 0.4) is 0 Å². The van der Waals surface area contributed by atoms with E-state index >= 15 is 0 Å². The van der Waals surface area contributed by atoms with Crippen molar-refractivity contribution in [3.05, 3.63) is 0 Å². The second-order valence-corrected chi connectivity index (χ2v) is 6.71. The number of morpholine rings is 1. The molecule has 20 heavy (non-hydrogen) atoms. The standard InChI is InChI=1S/C15H23NO4/c1-9-7-16(8-13(20-9)15(18)19)14(17)6-12-5-10-2-3-11(12)4-10/h9-13H,2-8H2,1H3,(H,18,19)/t9-,10?,11?,12?,13?/m1/s1. The van der Waals surface area contributed by atoms with Crippen molar-refractivity contribution in [2.24, 2.45) is 17.8 Å². The predicted octanol–water partition coefficient (Wildman–Crippen LogP) is 1.51. The normalized spacial score (nSPS) is 40.0. The van der Waals surface area contributed by atoms with Crippen LogP contribution < -0.4 is 0 Å². The first-order valence-corrected chi connectivity index (χ1v) is 7.69. The molecule has 1 aliphatic heterocycles. The first-order valence-electron chi connectivity index (χ1n) is 7.69. The molecule has 5 heteroatoms. The Hall–Kier alpha value is -1.10. The lowest BCUT2D eigenvalue weighted by atomic mass is 9.86. The molecule has 0 spiro atoms. The molecule has 3 rings (SSSR count). The van der Waals surface area contributed by atoms with Crippen LogP contribution in [0, 0.1) is 17.8 Å². The number of aliphatic carboxylic acids is 1. The molecule has 0 aromatic carbocycles. The number of carboxylic acids is 1. The summed E-state index contributed by atoms with van der Waals surface area (Å²) in [5.74, 6) is 1.24. The third-order valence-corrected chi connectivity index (χ3v) is 5.21. The van der Waals surface area contributed by atoms with E-state index < -0.39 is 12.1 Å². The van der Waals surface area contributed by atoms with Crippen molar-refractivity contribution >= 4 is 11.9 Å². The van der Waals surface area contributed by atoms with Gasteiger partial charge in [-0.25, -0.2) is 4.79 Å². The fourth-order valence-corrected chi connectivity index (χ4v) is 4.27. The number of fused-ring (bicyclic) bond motifs is 2. The van der Waals surface area contributed by atoms with Crippen molar-refractivity contribution in [1.82, 2.24) is 4.90 Å². The van der Waals surface area contributed by atoms with Crippen molar-refractivity contribution in [2.75, 3.05) is 13.1 Å². The van der Waals surface area contributed by atoms with E-state index in [1.54, 1.807) is 4.90 Å². The monoisotopic (exact) mass is 281 g/mol. The maximum absolute atomic E-state index is 12.4. The van der Waals surface area contributed by atoms with Crippen molar-refractivity contribution in [2.45, 2.75) is 51.2 Å². The molecule has 0 aromatic rings. The molecule has 112 valence electrons. The van der Waals surface area contributed by atoms with Crippen LogP contribution in [0.15, 0.2) is 0 Å². The van der Waals surface area contributed by atoms with E-state index in [9.17, 15) is 9.59 Å². The maximum atomic E-state index is 12.4. The van der Waals surface area contributed by atoms with Crippen molar-refractivity contribution in [3.8, 4) is 0 Å². The number of carboxylic acid groups (broad SMARTS) is 1. The van der Waals surface area contributed by atoms with Gasteiger partial charge in [-0.2, -0.15) is 0 Å². The van der Waals surface area contributed by atoms with Gasteiger partial charge in [0, 0.05) is 13.0 Å².